The first-order valence-corrected chi connectivity index (χ1v) is 9.36. The molecule has 1 aliphatic heterocycles. The van der Waals surface area contributed by atoms with Gasteiger partial charge in [0.25, 0.3) is 0 Å². The van der Waals surface area contributed by atoms with E-state index < -0.39 is 23.2 Å². The summed E-state index contributed by atoms with van der Waals surface area (Å²) in [7, 11) is 3.58. The van der Waals surface area contributed by atoms with E-state index in [0.717, 1.165) is 30.4 Å². The molecule has 2 rings (SSSR count). The standard InChI is InChI=1S/C17H25F2N5OS/c1-13(2)17(12-20-21-16-10-14(18)9-15(19)11-16)23-5-7-24(8-6-23)26(25)22(3)4/h9-12,21H,5-8H2,1-4H3/b20-12-. The minimum atomic E-state index is -1.12. The summed E-state index contributed by atoms with van der Waals surface area (Å²) < 4.78 is 42.1. The fraction of sp³-hybridized carbons (Fsp3) is 0.471. The van der Waals surface area contributed by atoms with E-state index in [1.807, 2.05) is 18.2 Å². The molecule has 1 unspecified atom stereocenters. The molecule has 1 heterocycles. The van der Waals surface area contributed by atoms with Crippen LogP contribution < -0.4 is 5.43 Å². The van der Waals surface area contributed by atoms with Gasteiger partial charge in [-0.25, -0.2) is 8.78 Å². The predicted molar refractivity (Wildman–Crippen MR) is 102 cm³/mol. The molecule has 1 aromatic rings. The van der Waals surface area contributed by atoms with Crippen LogP contribution in [0.2, 0.25) is 0 Å². The lowest BCUT2D eigenvalue weighted by Crippen LogP contribution is -2.51. The van der Waals surface area contributed by atoms with Gasteiger partial charge in [-0.3, -0.25) is 5.43 Å². The Morgan fingerprint density at radius 3 is 2.23 bits per heavy atom. The van der Waals surface area contributed by atoms with Crippen LogP contribution in [0.5, 0.6) is 0 Å². The van der Waals surface area contributed by atoms with E-state index in [-0.39, 0.29) is 5.69 Å². The average molecular weight is 385 g/mol. The molecule has 144 valence electrons. The van der Waals surface area contributed by atoms with E-state index in [0.29, 0.717) is 13.1 Å². The predicted octanol–water partition coefficient (Wildman–Crippen LogP) is 2.41. The maximum absolute atomic E-state index is 13.2. The Morgan fingerprint density at radius 2 is 1.73 bits per heavy atom. The van der Waals surface area contributed by atoms with E-state index in [2.05, 4.69) is 15.4 Å². The molecule has 0 aliphatic carbocycles. The highest BCUT2D eigenvalue weighted by Crippen LogP contribution is 2.16. The van der Waals surface area contributed by atoms with Gasteiger partial charge in [-0.15, -0.1) is 8.61 Å². The lowest BCUT2D eigenvalue weighted by Gasteiger charge is -2.36. The quantitative estimate of drug-likeness (QED) is 0.463. The van der Waals surface area contributed by atoms with Gasteiger partial charge in [0.05, 0.1) is 30.7 Å². The van der Waals surface area contributed by atoms with Crippen molar-refractivity contribution in [3.63, 3.8) is 0 Å². The van der Waals surface area contributed by atoms with Crippen molar-refractivity contribution in [1.82, 2.24) is 13.5 Å². The molecule has 1 saturated heterocycles. The van der Waals surface area contributed by atoms with Gasteiger partial charge in [0, 0.05) is 33.3 Å². The third-order valence-corrected chi connectivity index (χ3v) is 5.30. The van der Waals surface area contributed by atoms with Crippen LogP contribution in [-0.2, 0) is 11.5 Å². The largest absolute Gasteiger partial charge is 0.578 e. The van der Waals surface area contributed by atoms with E-state index in [1.54, 1.807) is 24.6 Å². The number of nitrogens with zero attached hydrogens (tertiary/aromatic N) is 4. The zero-order valence-electron chi connectivity index (χ0n) is 15.5. The molecule has 0 aromatic heterocycles. The topological polar surface area (TPSA) is 57.2 Å². The lowest BCUT2D eigenvalue weighted by molar-refractivity contribution is 0.228. The average Bonchev–Trinajstić information content (AvgIpc) is 2.57. The molecule has 26 heavy (non-hydrogen) atoms. The Morgan fingerprint density at radius 1 is 1.15 bits per heavy atom. The number of hydrazone groups is 1. The van der Waals surface area contributed by atoms with Gasteiger partial charge < -0.3 is 9.45 Å². The highest BCUT2D eigenvalue weighted by molar-refractivity contribution is 7.86. The van der Waals surface area contributed by atoms with Crippen LogP contribution in [0, 0.1) is 11.6 Å². The van der Waals surface area contributed by atoms with Gasteiger partial charge >= 0.3 is 0 Å². The number of rotatable bonds is 6. The maximum atomic E-state index is 13.2. The number of piperazine rings is 1. The van der Waals surface area contributed by atoms with E-state index in [9.17, 15) is 13.3 Å². The van der Waals surface area contributed by atoms with Crippen molar-refractivity contribution in [1.29, 1.82) is 0 Å². The molecule has 0 radical (unpaired) electrons. The SMILES string of the molecule is CC(C)=C(/C=N\Nc1cc(F)cc(F)c1)N1CCN([S+]([O-])N(C)C)CC1. The van der Waals surface area contributed by atoms with Gasteiger partial charge in [-0.2, -0.15) is 5.10 Å². The van der Waals surface area contributed by atoms with Crippen molar-refractivity contribution in [2.45, 2.75) is 13.8 Å². The number of halogens is 2. The summed E-state index contributed by atoms with van der Waals surface area (Å²) in [4.78, 5) is 2.16. The number of benzene rings is 1. The van der Waals surface area contributed by atoms with Gasteiger partial charge in [0.1, 0.15) is 23.2 Å². The monoisotopic (exact) mass is 385 g/mol. The minimum Gasteiger partial charge on any atom is -0.578 e. The van der Waals surface area contributed by atoms with Gasteiger partial charge in [0.15, 0.2) is 0 Å². The third-order valence-electron chi connectivity index (χ3n) is 3.87. The first-order chi connectivity index (χ1) is 12.3. The summed E-state index contributed by atoms with van der Waals surface area (Å²) in [6.45, 7) is 6.76. The fourth-order valence-electron chi connectivity index (χ4n) is 2.63. The van der Waals surface area contributed by atoms with Crippen LogP contribution >= 0.6 is 0 Å². The van der Waals surface area contributed by atoms with Crippen LogP contribution in [0.3, 0.4) is 0 Å². The van der Waals surface area contributed by atoms with Crippen LogP contribution in [0.15, 0.2) is 34.6 Å². The molecule has 6 nitrogen and oxygen atoms in total. The summed E-state index contributed by atoms with van der Waals surface area (Å²) in [5.41, 5.74) is 4.91. The molecular formula is C17H25F2N5OS. The maximum Gasteiger partial charge on any atom is 0.140 e. The number of hydrogen-bond acceptors (Lipinski definition) is 6. The number of nitrogens with one attached hydrogen (secondary N) is 1. The molecule has 1 N–H and O–H groups in total. The van der Waals surface area contributed by atoms with Crippen LogP contribution in [0.4, 0.5) is 14.5 Å². The third kappa shape index (κ3) is 5.66. The highest BCUT2D eigenvalue weighted by atomic mass is 32.2. The highest BCUT2D eigenvalue weighted by Gasteiger charge is 2.28. The Bertz CT molecular complexity index is 651. The zero-order chi connectivity index (χ0) is 19.3. The Kier molecular flexibility index (Phi) is 7.39. The molecular weight excluding hydrogens is 360 g/mol. The molecule has 1 aromatic carbocycles. The van der Waals surface area contributed by atoms with E-state index in [4.69, 9.17) is 0 Å². The number of allylic oxidation sites excluding steroid dienone is 2. The van der Waals surface area contributed by atoms with Crippen molar-refractivity contribution < 1.29 is 13.3 Å². The molecule has 0 spiro atoms. The zero-order valence-corrected chi connectivity index (χ0v) is 16.3. The molecule has 0 bridgehead atoms. The van der Waals surface area contributed by atoms with Gasteiger partial charge in [0.2, 0.25) is 0 Å². The molecule has 1 atom stereocenters. The molecule has 0 saturated carbocycles. The Balaban J connectivity index is 1.99. The van der Waals surface area contributed by atoms with E-state index >= 15 is 0 Å². The van der Waals surface area contributed by atoms with Crippen molar-refractivity contribution in [2.75, 3.05) is 45.7 Å². The summed E-state index contributed by atoms with van der Waals surface area (Å²) >= 11 is -1.12. The summed E-state index contributed by atoms with van der Waals surface area (Å²) in [5.74, 6) is -1.31. The van der Waals surface area contributed by atoms with Gasteiger partial charge in [-0.1, -0.05) is 5.57 Å². The van der Waals surface area contributed by atoms with Crippen LogP contribution in [0.1, 0.15) is 13.8 Å². The minimum absolute atomic E-state index is 0.248. The molecule has 1 aliphatic rings. The van der Waals surface area contributed by atoms with Crippen molar-refractivity contribution in [2.24, 2.45) is 5.10 Å². The molecule has 0 amide bonds. The van der Waals surface area contributed by atoms with Crippen LogP contribution in [-0.4, -0.2) is 64.6 Å². The molecule has 1 fully saturated rings. The van der Waals surface area contributed by atoms with Crippen molar-refractivity contribution in [3.8, 4) is 0 Å². The summed E-state index contributed by atoms with van der Waals surface area (Å²) in [6, 6.07) is 3.17. The van der Waals surface area contributed by atoms with Gasteiger partial charge in [-0.05, 0) is 26.0 Å². The molecule has 9 heteroatoms. The van der Waals surface area contributed by atoms with Crippen molar-refractivity contribution in [3.05, 3.63) is 41.1 Å². The fourth-order valence-corrected chi connectivity index (χ4v) is 3.57. The Hall–Kier alpha value is -1.68. The van der Waals surface area contributed by atoms with Crippen molar-refractivity contribution >= 4 is 23.4 Å². The number of anilines is 1. The first kappa shape index (κ1) is 20.6. The summed E-state index contributed by atoms with van der Waals surface area (Å²) in [6.07, 6.45) is 1.65. The second-order valence-electron chi connectivity index (χ2n) is 6.37. The van der Waals surface area contributed by atoms with Crippen LogP contribution in [0.25, 0.3) is 0 Å². The smallest absolute Gasteiger partial charge is 0.140 e. The van der Waals surface area contributed by atoms with E-state index in [1.165, 1.54) is 12.1 Å². The lowest BCUT2D eigenvalue weighted by atomic mass is 10.2. The second-order valence-corrected chi connectivity index (χ2v) is 8.08. The second kappa shape index (κ2) is 9.31. The summed E-state index contributed by atoms with van der Waals surface area (Å²) in [5, 5.41) is 4.11. The first-order valence-electron chi connectivity index (χ1n) is 8.30. The number of hydrogen-bond donors (Lipinski definition) is 1. The normalized spacial score (nSPS) is 17.0. The Labute approximate surface area is 156 Å².